The van der Waals surface area contributed by atoms with Crippen LogP contribution in [-0.2, 0) is 14.3 Å². The van der Waals surface area contributed by atoms with E-state index in [-0.39, 0.29) is 13.0 Å². The van der Waals surface area contributed by atoms with Crippen molar-refractivity contribution in [3.63, 3.8) is 0 Å². The first-order chi connectivity index (χ1) is 7.61. The summed E-state index contributed by atoms with van der Waals surface area (Å²) in [6.07, 6.45) is -0.371. The highest BCUT2D eigenvalue weighted by molar-refractivity contribution is 6.01. The third-order valence-electron chi connectivity index (χ3n) is 1.72. The van der Waals surface area contributed by atoms with Crippen LogP contribution in [0.5, 0.6) is 0 Å². The molecule has 0 saturated carbocycles. The molecule has 0 aliphatic rings. The molecule has 0 saturated heterocycles. The molecule has 1 amide bonds. The minimum Gasteiger partial charge on any atom is -0.466 e. The average molecular weight is 225 g/mol. The molecule has 0 aliphatic heterocycles. The molecule has 0 aromatic heterocycles. The van der Waals surface area contributed by atoms with Gasteiger partial charge in [0.05, 0.1) is 6.61 Å². The molecule has 16 heavy (non-hydrogen) atoms. The third-order valence-corrected chi connectivity index (χ3v) is 1.72. The number of hydrogen-bond acceptors (Lipinski definition) is 3. The monoisotopic (exact) mass is 225 g/mol. The van der Waals surface area contributed by atoms with Crippen molar-refractivity contribution >= 4 is 17.6 Å². The maximum atomic E-state index is 12.8. The number of halogens is 1. The molecule has 1 rings (SSSR count). The zero-order chi connectivity index (χ0) is 12.0. The highest BCUT2D eigenvalue weighted by atomic mass is 19.1. The molecule has 1 N–H and O–H groups in total. The Morgan fingerprint density at radius 2 is 2.19 bits per heavy atom. The van der Waals surface area contributed by atoms with E-state index < -0.39 is 17.7 Å². The van der Waals surface area contributed by atoms with Crippen LogP contribution in [0.1, 0.15) is 13.3 Å². The van der Waals surface area contributed by atoms with Gasteiger partial charge in [-0.05, 0) is 25.1 Å². The number of anilines is 1. The molecule has 0 fully saturated rings. The van der Waals surface area contributed by atoms with E-state index in [0.717, 1.165) is 0 Å². The van der Waals surface area contributed by atoms with Crippen molar-refractivity contribution in [3.8, 4) is 0 Å². The Balaban J connectivity index is 2.48. The molecule has 0 heterocycles. The van der Waals surface area contributed by atoms with Gasteiger partial charge in [0.25, 0.3) is 0 Å². The van der Waals surface area contributed by atoms with E-state index in [9.17, 15) is 14.0 Å². The highest BCUT2D eigenvalue weighted by Crippen LogP contribution is 2.09. The smallest absolute Gasteiger partial charge is 0.315 e. The summed E-state index contributed by atoms with van der Waals surface area (Å²) in [6.45, 7) is 1.88. The fourth-order valence-electron chi connectivity index (χ4n) is 1.11. The van der Waals surface area contributed by atoms with Crippen LogP contribution in [0, 0.1) is 5.82 Å². The predicted molar refractivity (Wildman–Crippen MR) is 56.3 cm³/mol. The van der Waals surface area contributed by atoms with Crippen LogP contribution in [0.15, 0.2) is 24.3 Å². The van der Waals surface area contributed by atoms with Crippen LogP contribution in [0.3, 0.4) is 0 Å². The molecule has 0 unspecified atom stereocenters. The maximum absolute atomic E-state index is 12.8. The first-order valence-electron chi connectivity index (χ1n) is 4.83. The molecule has 0 aliphatic carbocycles. The van der Waals surface area contributed by atoms with Crippen LogP contribution in [0.2, 0.25) is 0 Å². The van der Waals surface area contributed by atoms with Crippen LogP contribution in [0.4, 0.5) is 10.1 Å². The van der Waals surface area contributed by atoms with Gasteiger partial charge in [-0.25, -0.2) is 4.39 Å². The zero-order valence-electron chi connectivity index (χ0n) is 8.83. The van der Waals surface area contributed by atoms with E-state index in [0.29, 0.717) is 5.69 Å². The molecule has 5 heteroatoms. The van der Waals surface area contributed by atoms with Crippen molar-refractivity contribution in [2.75, 3.05) is 11.9 Å². The lowest BCUT2D eigenvalue weighted by Crippen LogP contribution is -2.18. The number of benzene rings is 1. The fraction of sp³-hybridized carbons (Fsp3) is 0.273. The molecule has 0 spiro atoms. The van der Waals surface area contributed by atoms with Gasteiger partial charge in [-0.1, -0.05) is 6.07 Å². The number of hydrogen-bond donors (Lipinski definition) is 1. The van der Waals surface area contributed by atoms with Crippen molar-refractivity contribution in [1.29, 1.82) is 0 Å². The lowest BCUT2D eigenvalue weighted by molar-refractivity contribution is -0.145. The molecule has 1 aromatic rings. The van der Waals surface area contributed by atoms with Gasteiger partial charge in [-0.2, -0.15) is 0 Å². The van der Waals surface area contributed by atoms with E-state index in [1.165, 1.54) is 24.3 Å². The number of nitrogens with one attached hydrogen (secondary N) is 1. The topological polar surface area (TPSA) is 55.4 Å². The second kappa shape index (κ2) is 5.85. The Bertz CT molecular complexity index is 393. The highest BCUT2D eigenvalue weighted by Gasteiger charge is 2.10. The number of esters is 1. The largest absolute Gasteiger partial charge is 0.466 e. The van der Waals surface area contributed by atoms with Gasteiger partial charge in [0.2, 0.25) is 5.91 Å². The summed E-state index contributed by atoms with van der Waals surface area (Å²) in [5.74, 6) is -1.57. The van der Waals surface area contributed by atoms with Crippen molar-refractivity contribution in [2.24, 2.45) is 0 Å². The predicted octanol–water partition coefficient (Wildman–Crippen LogP) is 1.72. The van der Waals surface area contributed by atoms with Gasteiger partial charge in [-0.3, -0.25) is 9.59 Å². The SMILES string of the molecule is CCOC(=O)CC(=O)Nc1cccc(F)c1. The quantitative estimate of drug-likeness (QED) is 0.627. The average Bonchev–Trinajstić information content (AvgIpc) is 2.17. The summed E-state index contributed by atoms with van der Waals surface area (Å²) in [7, 11) is 0. The maximum Gasteiger partial charge on any atom is 0.315 e. The molecular weight excluding hydrogens is 213 g/mol. The van der Waals surface area contributed by atoms with Crippen LogP contribution in [0.25, 0.3) is 0 Å². The van der Waals surface area contributed by atoms with Crippen molar-refractivity contribution in [1.82, 2.24) is 0 Å². The van der Waals surface area contributed by atoms with Gasteiger partial charge in [-0.15, -0.1) is 0 Å². The van der Waals surface area contributed by atoms with E-state index in [1.807, 2.05) is 0 Å². The van der Waals surface area contributed by atoms with Gasteiger partial charge in [0.1, 0.15) is 12.2 Å². The molecule has 0 atom stereocenters. The molecule has 86 valence electrons. The number of ether oxygens (including phenoxy) is 1. The fourth-order valence-corrected chi connectivity index (χ4v) is 1.11. The summed E-state index contributed by atoms with van der Waals surface area (Å²) in [5, 5.41) is 2.39. The first kappa shape index (κ1) is 12.2. The number of rotatable bonds is 4. The lowest BCUT2D eigenvalue weighted by Gasteiger charge is -2.04. The second-order valence-electron chi connectivity index (χ2n) is 3.04. The Hall–Kier alpha value is -1.91. The normalized spacial score (nSPS) is 9.62. The lowest BCUT2D eigenvalue weighted by atomic mass is 10.3. The summed E-state index contributed by atoms with van der Waals surface area (Å²) in [5.41, 5.74) is 0.314. The van der Waals surface area contributed by atoms with Crippen molar-refractivity contribution in [3.05, 3.63) is 30.1 Å². The second-order valence-corrected chi connectivity index (χ2v) is 3.04. The van der Waals surface area contributed by atoms with Gasteiger partial charge in [0.15, 0.2) is 0 Å². The zero-order valence-corrected chi connectivity index (χ0v) is 8.83. The van der Waals surface area contributed by atoms with Crippen molar-refractivity contribution < 1.29 is 18.7 Å². The molecule has 0 bridgehead atoms. The van der Waals surface area contributed by atoms with E-state index in [1.54, 1.807) is 6.92 Å². The Morgan fingerprint density at radius 3 is 2.81 bits per heavy atom. The number of carbonyl (C=O) groups excluding carboxylic acids is 2. The summed E-state index contributed by atoms with van der Waals surface area (Å²) < 4.78 is 17.4. The Morgan fingerprint density at radius 1 is 1.44 bits per heavy atom. The van der Waals surface area contributed by atoms with E-state index >= 15 is 0 Å². The van der Waals surface area contributed by atoms with Gasteiger partial charge >= 0.3 is 5.97 Å². The van der Waals surface area contributed by atoms with Crippen LogP contribution < -0.4 is 5.32 Å². The van der Waals surface area contributed by atoms with E-state index in [4.69, 9.17) is 0 Å². The van der Waals surface area contributed by atoms with Crippen molar-refractivity contribution in [2.45, 2.75) is 13.3 Å². The Kier molecular flexibility index (Phi) is 4.44. The summed E-state index contributed by atoms with van der Waals surface area (Å²) in [6, 6.07) is 5.44. The molecule has 1 aromatic carbocycles. The summed E-state index contributed by atoms with van der Waals surface area (Å²) >= 11 is 0. The minimum absolute atomic E-state index is 0.228. The van der Waals surface area contributed by atoms with Gasteiger partial charge < -0.3 is 10.1 Å². The molecular formula is C11H12FNO3. The van der Waals surface area contributed by atoms with E-state index in [2.05, 4.69) is 10.1 Å². The standard InChI is InChI=1S/C11H12FNO3/c1-2-16-11(15)7-10(14)13-9-5-3-4-8(12)6-9/h3-6H,2,7H2,1H3,(H,13,14). The van der Waals surface area contributed by atoms with Crippen LogP contribution >= 0.6 is 0 Å². The minimum atomic E-state index is -0.601. The summed E-state index contributed by atoms with van der Waals surface area (Å²) in [4.78, 5) is 22.2. The van der Waals surface area contributed by atoms with Gasteiger partial charge in [0, 0.05) is 5.69 Å². The number of amides is 1. The van der Waals surface area contributed by atoms with Crippen LogP contribution in [-0.4, -0.2) is 18.5 Å². The molecule has 0 radical (unpaired) electrons. The Labute approximate surface area is 92.4 Å². The first-order valence-corrected chi connectivity index (χ1v) is 4.83. The molecule has 4 nitrogen and oxygen atoms in total. The number of carbonyl (C=O) groups is 2. The third kappa shape index (κ3) is 4.08.